The van der Waals surface area contributed by atoms with Gasteiger partial charge < -0.3 is 15.0 Å². The highest BCUT2D eigenvalue weighted by atomic mass is 16.1. The molecule has 0 amide bonds. The topological polar surface area (TPSA) is 32.3 Å². The Labute approximate surface area is 102 Å². The molecule has 0 saturated carbocycles. The fourth-order valence-corrected chi connectivity index (χ4v) is 2.88. The van der Waals surface area contributed by atoms with Gasteiger partial charge in [0.15, 0.2) is 0 Å². The van der Waals surface area contributed by atoms with Gasteiger partial charge in [-0.25, -0.2) is 0 Å². The average molecular weight is 230 g/mol. The van der Waals surface area contributed by atoms with Crippen LogP contribution < -0.4 is 10.2 Å². The Morgan fingerprint density at radius 2 is 2.12 bits per heavy atom. The number of nitrogens with zero attached hydrogens (tertiary/aromatic N) is 1. The molecule has 3 rings (SSSR count). The summed E-state index contributed by atoms with van der Waals surface area (Å²) in [5.74, 6) is 0.132. The number of benzene rings is 1. The van der Waals surface area contributed by atoms with Crippen LogP contribution in [0.4, 0.5) is 5.69 Å². The first kappa shape index (κ1) is 10.8. The van der Waals surface area contributed by atoms with Gasteiger partial charge in [-0.2, -0.15) is 0 Å². The van der Waals surface area contributed by atoms with Crippen molar-refractivity contribution in [2.75, 3.05) is 31.1 Å². The molecule has 0 bridgehead atoms. The van der Waals surface area contributed by atoms with E-state index in [2.05, 4.69) is 28.4 Å². The molecular formula is C14H18N2O. The van der Waals surface area contributed by atoms with Crippen LogP contribution in [0, 0.1) is 0 Å². The average Bonchev–Trinajstić information content (AvgIpc) is 2.81. The van der Waals surface area contributed by atoms with E-state index in [9.17, 15) is 4.79 Å². The molecule has 1 unspecified atom stereocenters. The Balaban J connectivity index is 1.89. The fourth-order valence-electron chi connectivity index (χ4n) is 2.88. The van der Waals surface area contributed by atoms with E-state index in [1.165, 1.54) is 16.8 Å². The number of rotatable bonds is 2. The van der Waals surface area contributed by atoms with Crippen LogP contribution in [0.3, 0.4) is 0 Å². The second-order valence-corrected chi connectivity index (χ2v) is 4.90. The minimum Gasteiger partial charge on any atom is -0.369 e. The van der Waals surface area contributed by atoms with Gasteiger partial charge >= 0.3 is 0 Å². The Hall–Kier alpha value is -1.35. The number of fused-ring (bicyclic) bond motifs is 1. The van der Waals surface area contributed by atoms with E-state index in [4.69, 9.17) is 0 Å². The molecule has 0 radical (unpaired) electrons. The summed E-state index contributed by atoms with van der Waals surface area (Å²) < 4.78 is 0. The smallest absolute Gasteiger partial charge is 0.127 e. The summed E-state index contributed by atoms with van der Waals surface area (Å²) in [4.78, 5) is 13.4. The van der Waals surface area contributed by atoms with Crippen molar-refractivity contribution in [2.45, 2.75) is 18.8 Å². The van der Waals surface area contributed by atoms with Gasteiger partial charge in [-0.05, 0) is 36.1 Å². The third kappa shape index (κ3) is 1.95. The van der Waals surface area contributed by atoms with Crippen molar-refractivity contribution in [1.82, 2.24) is 5.32 Å². The number of carbonyl (C=O) groups excluding carboxylic acids is 1. The Bertz CT molecular complexity index is 424. The van der Waals surface area contributed by atoms with E-state index in [1.54, 1.807) is 0 Å². The highest BCUT2D eigenvalue weighted by Crippen LogP contribution is 2.34. The Kier molecular flexibility index (Phi) is 2.85. The molecule has 3 heteroatoms. The van der Waals surface area contributed by atoms with Crippen molar-refractivity contribution in [1.29, 1.82) is 0 Å². The summed E-state index contributed by atoms with van der Waals surface area (Å²) in [7, 11) is 0. The van der Waals surface area contributed by atoms with Gasteiger partial charge in [0, 0.05) is 37.8 Å². The highest BCUT2D eigenvalue weighted by Gasteiger charge is 2.23. The monoisotopic (exact) mass is 230 g/mol. The third-order valence-corrected chi connectivity index (χ3v) is 3.90. The Morgan fingerprint density at radius 3 is 2.88 bits per heavy atom. The van der Waals surface area contributed by atoms with Crippen LogP contribution in [-0.2, 0) is 11.2 Å². The molecule has 0 spiro atoms. The molecule has 0 aromatic heterocycles. The second-order valence-electron chi connectivity index (χ2n) is 4.90. The predicted molar refractivity (Wildman–Crippen MR) is 68.7 cm³/mol. The lowest BCUT2D eigenvalue weighted by atomic mass is 10.0. The standard InChI is InChI=1S/C14H18N2O/c17-10-12-2-1-11-3-4-13(9-14(11)12)16-7-5-15-6-8-16/h3-4,9-10,12,15H,1-2,5-8H2. The molecule has 17 heavy (non-hydrogen) atoms. The van der Waals surface area contributed by atoms with Crippen LogP contribution >= 0.6 is 0 Å². The number of hydrogen-bond acceptors (Lipinski definition) is 3. The van der Waals surface area contributed by atoms with Crippen LogP contribution in [-0.4, -0.2) is 32.5 Å². The van der Waals surface area contributed by atoms with Crippen molar-refractivity contribution in [3.05, 3.63) is 29.3 Å². The molecule has 1 aromatic carbocycles. The molecule has 1 aliphatic heterocycles. The molecule has 1 aliphatic carbocycles. The van der Waals surface area contributed by atoms with Gasteiger partial charge in [-0.3, -0.25) is 0 Å². The van der Waals surface area contributed by atoms with Crippen LogP contribution in [0.2, 0.25) is 0 Å². The van der Waals surface area contributed by atoms with Crippen molar-refractivity contribution in [3.63, 3.8) is 0 Å². The Morgan fingerprint density at radius 1 is 1.29 bits per heavy atom. The molecule has 1 fully saturated rings. The van der Waals surface area contributed by atoms with Gasteiger partial charge in [0.1, 0.15) is 6.29 Å². The maximum Gasteiger partial charge on any atom is 0.127 e. The van der Waals surface area contributed by atoms with Crippen LogP contribution in [0.25, 0.3) is 0 Å². The molecule has 1 atom stereocenters. The quantitative estimate of drug-likeness (QED) is 0.778. The predicted octanol–water partition coefficient (Wildman–Crippen LogP) is 1.32. The minimum atomic E-state index is 0.132. The number of hydrogen-bond donors (Lipinski definition) is 1. The second kappa shape index (κ2) is 4.49. The molecular weight excluding hydrogens is 212 g/mol. The van der Waals surface area contributed by atoms with Gasteiger partial charge in [-0.1, -0.05) is 6.07 Å². The lowest BCUT2D eigenvalue weighted by Crippen LogP contribution is -2.43. The maximum absolute atomic E-state index is 11.0. The molecule has 1 N–H and O–H groups in total. The first-order valence-corrected chi connectivity index (χ1v) is 6.42. The van der Waals surface area contributed by atoms with E-state index < -0.39 is 0 Å². The molecule has 1 saturated heterocycles. The van der Waals surface area contributed by atoms with E-state index >= 15 is 0 Å². The number of aryl methyl sites for hydroxylation is 1. The highest BCUT2D eigenvalue weighted by molar-refractivity contribution is 5.67. The van der Waals surface area contributed by atoms with Gasteiger partial charge in [-0.15, -0.1) is 0 Å². The van der Waals surface area contributed by atoms with Crippen LogP contribution in [0.5, 0.6) is 0 Å². The summed E-state index contributed by atoms with van der Waals surface area (Å²) in [6, 6.07) is 6.64. The van der Waals surface area contributed by atoms with Gasteiger partial charge in [0.25, 0.3) is 0 Å². The number of aldehydes is 1. The van der Waals surface area contributed by atoms with E-state index in [0.717, 1.165) is 45.3 Å². The fraction of sp³-hybridized carbons (Fsp3) is 0.500. The summed E-state index contributed by atoms with van der Waals surface area (Å²) in [6.07, 6.45) is 3.15. The minimum absolute atomic E-state index is 0.132. The normalized spacial score (nSPS) is 23.5. The molecule has 2 aliphatic rings. The summed E-state index contributed by atoms with van der Waals surface area (Å²) >= 11 is 0. The lowest BCUT2D eigenvalue weighted by molar-refractivity contribution is -0.109. The maximum atomic E-state index is 11.0. The summed E-state index contributed by atoms with van der Waals surface area (Å²) in [5, 5.41) is 3.36. The third-order valence-electron chi connectivity index (χ3n) is 3.90. The first-order valence-electron chi connectivity index (χ1n) is 6.42. The van der Waals surface area contributed by atoms with Gasteiger partial charge in [0.2, 0.25) is 0 Å². The van der Waals surface area contributed by atoms with Crippen LogP contribution in [0.1, 0.15) is 23.5 Å². The first-order chi connectivity index (χ1) is 8.38. The van der Waals surface area contributed by atoms with E-state index in [0.29, 0.717) is 0 Å². The van der Waals surface area contributed by atoms with Crippen molar-refractivity contribution >= 4 is 12.0 Å². The number of carbonyl (C=O) groups is 1. The molecule has 3 nitrogen and oxygen atoms in total. The van der Waals surface area contributed by atoms with E-state index in [-0.39, 0.29) is 5.92 Å². The molecule has 1 aromatic rings. The zero-order chi connectivity index (χ0) is 11.7. The number of piperazine rings is 1. The molecule has 1 heterocycles. The lowest BCUT2D eigenvalue weighted by Gasteiger charge is -2.30. The summed E-state index contributed by atoms with van der Waals surface area (Å²) in [6.45, 7) is 4.22. The van der Waals surface area contributed by atoms with E-state index in [1.807, 2.05) is 0 Å². The van der Waals surface area contributed by atoms with Crippen molar-refractivity contribution in [3.8, 4) is 0 Å². The van der Waals surface area contributed by atoms with Crippen molar-refractivity contribution in [2.24, 2.45) is 0 Å². The van der Waals surface area contributed by atoms with Gasteiger partial charge in [0.05, 0.1) is 0 Å². The zero-order valence-electron chi connectivity index (χ0n) is 9.98. The summed E-state index contributed by atoms with van der Waals surface area (Å²) in [5.41, 5.74) is 3.90. The van der Waals surface area contributed by atoms with Crippen molar-refractivity contribution < 1.29 is 4.79 Å². The molecule has 90 valence electrons. The number of nitrogens with one attached hydrogen (secondary N) is 1. The SMILES string of the molecule is O=CC1CCc2ccc(N3CCNCC3)cc21. The van der Waals surface area contributed by atoms with Crippen LogP contribution in [0.15, 0.2) is 18.2 Å². The largest absolute Gasteiger partial charge is 0.369 e. The number of anilines is 1. The zero-order valence-corrected chi connectivity index (χ0v) is 9.98.